The summed E-state index contributed by atoms with van der Waals surface area (Å²) in [5.41, 5.74) is 4.45. The largest absolute Gasteiger partial charge is 0.436 e. The van der Waals surface area contributed by atoms with E-state index in [4.69, 9.17) is 14.2 Å². The number of nitrogens with zero attached hydrogens (tertiary/aromatic N) is 4. The number of oxazole rings is 1. The molecule has 0 atom stereocenters. The maximum Gasteiger partial charge on any atom is 0.258 e. The highest BCUT2D eigenvalue weighted by molar-refractivity contribution is 5.81. The van der Waals surface area contributed by atoms with Crippen molar-refractivity contribution in [3.05, 3.63) is 78.4 Å². The molecule has 0 saturated carbocycles. The molecule has 28 heavy (non-hydrogen) atoms. The summed E-state index contributed by atoms with van der Waals surface area (Å²) in [5.74, 6) is 1.43. The van der Waals surface area contributed by atoms with Crippen LogP contribution in [-0.2, 0) is 0 Å². The van der Waals surface area contributed by atoms with E-state index >= 15 is 0 Å². The van der Waals surface area contributed by atoms with Gasteiger partial charge in [0, 0.05) is 16.7 Å². The second-order valence-corrected chi connectivity index (χ2v) is 6.18. The lowest BCUT2D eigenvalue weighted by atomic mass is 10.1. The van der Waals surface area contributed by atoms with Crippen molar-refractivity contribution in [2.45, 2.75) is 0 Å². The van der Waals surface area contributed by atoms with Crippen molar-refractivity contribution in [2.75, 3.05) is 0 Å². The lowest BCUT2D eigenvalue weighted by Gasteiger charge is -1.94. The predicted octanol–water partition coefficient (Wildman–Crippen LogP) is 5.08. The fourth-order valence-electron chi connectivity index (χ4n) is 2.92. The number of hydrogen-bond donors (Lipinski definition) is 0. The normalized spacial score (nSPS) is 10.8. The van der Waals surface area contributed by atoms with Crippen LogP contribution >= 0.6 is 0 Å². The summed E-state index contributed by atoms with van der Waals surface area (Å²) in [4.78, 5) is 9.03. The van der Waals surface area contributed by atoms with Crippen LogP contribution in [0.25, 0.3) is 45.4 Å². The van der Waals surface area contributed by atoms with Gasteiger partial charge in [-0.25, -0.2) is 4.98 Å². The van der Waals surface area contributed by atoms with Gasteiger partial charge < -0.3 is 8.94 Å². The summed E-state index contributed by atoms with van der Waals surface area (Å²) in [5, 5.41) is 13.0. The highest BCUT2D eigenvalue weighted by Gasteiger charge is 2.14. The highest BCUT2D eigenvalue weighted by Crippen LogP contribution is 2.28. The van der Waals surface area contributed by atoms with E-state index in [0.717, 1.165) is 22.2 Å². The molecule has 0 radical (unpaired) electrons. The van der Waals surface area contributed by atoms with Crippen LogP contribution in [0.2, 0.25) is 0 Å². The summed E-state index contributed by atoms with van der Waals surface area (Å²) < 4.78 is 11.2. The fraction of sp³-hybridized carbons (Fsp3) is 0. The van der Waals surface area contributed by atoms with Crippen LogP contribution in [0, 0.1) is 11.3 Å². The van der Waals surface area contributed by atoms with Gasteiger partial charge in [-0.3, -0.25) is 0 Å². The molecule has 6 nitrogen and oxygen atoms in total. The van der Waals surface area contributed by atoms with E-state index in [1.54, 1.807) is 24.3 Å². The molecule has 2 aromatic heterocycles. The van der Waals surface area contributed by atoms with Crippen molar-refractivity contribution in [1.82, 2.24) is 15.1 Å². The lowest BCUT2D eigenvalue weighted by Crippen LogP contribution is -1.82. The molecule has 2 heterocycles. The average molecular weight is 364 g/mol. The van der Waals surface area contributed by atoms with Crippen molar-refractivity contribution < 1.29 is 8.94 Å². The van der Waals surface area contributed by atoms with Crippen LogP contribution in [-0.4, -0.2) is 15.1 Å². The second kappa shape index (κ2) is 6.49. The van der Waals surface area contributed by atoms with E-state index in [0.29, 0.717) is 28.8 Å². The fourth-order valence-corrected chi connectivity index (χ4v) is 2.92. The van der Waals surface area contributed by atoms with Crippen LogP contribution in [0.1, 0.15) is 5.56 Å². The van der Waals surface area contributed by atoms with Gasteiger partial charge in [0.25, 0.3) is 5.89 Å². The number of hydrogen-bond acceptors (Lipinski definition) is 6. The molecule has 0 aliphatic rings. The maximum atomic E-state index is 8.90. The molecule has 5 aromatic rings. The molecule has 0 spiro atoms. The SMILES string of the molecule is N#Cc1ccc(-c2nc(-c3ccc4oc(-c5ccccc5)nc4c3)no2)cc1. The highest BCUT2D eigenvalue weighted by atomic mass is 16.5. The van der Waals surface area contributed by atoms with Crippen LogP contribution < -0.4 is 0 Å². The molecule has 6 heteroatoms. The number of rotatable bonds is 3. The summed E-state index contributed by atoms with van der Waals surface area (Å²) in [6.07, 6.45) is 0. The van der Waals surface area contributed by atoms with Crippen molar-refractivity contribution >= 4 is 11.1 Å². The summed E-state index contributed by atoms with van der Waals surface area (Å²) in [6.45, 7) is 0. The first-order valence-electron chi connectivity index (χ1n) is 8.61. The van der Waals surface area contributed by atoms with E-state index in [1.807, 2.05) is 48.5 Å². The molecule has 0 amide bonds. The number of aromatic nitrogens is 3. The zero-order valence-electron chi connectivity index (χ0n) is 14.5. The second-order valence-electron chi connectivity index (χ2n) is 6.18. The molecule has 0 saturated heterocycles. The van der Waals surface area contributed by atoms with Gasteiger partial charge in [0.05, 0.1) is 11.6 Å². The van der Waals surface area contributed by atoms with Gasteiger partial charge in [-0.2, -0.15) is 10.2 Å². The van der Waals surface area contributed by atoms with Crippen LogP contribution in [0.3, 0.4) is 0 Å². The average Bonchev–Trinajstić information content (AvgIpc) is 3.41. The standard InChI is InChI=1S/C22H12N4O2/c23-13-14-6-8-16(9-7-14)22-25-20(26-28-22)17-10-11-19-18(12-17)24-21(27-19)15-4-2-1-3-5-15/h1-12H. The van der Waals surface area contributed by atoms with E-state index in [2.05, 4.69) is 21.2 Å². The van der Waals surface area contributed by atoms with Crippen LogP contribution in [0.5, 0.6) is 0 Å². The van der Waals surface area contributed by atoms with Gasteiger partial charge >= 0.3 is 0 Å². The molecule has 0 aliphatic carbocycles. The number of benzene rings is 3. The molecular weight excluding hydrogens is 352 g/mol. The first kappa shape index (κ1) is 16.0. The van der Waals surface area contributed by atoms with Gasteiger partial charge in [0.15, 0.2) is 5.58 Å². The third-order valence-corrected chi connectivity index (χ3v) is 4.35. The van der Waals surface area contributed by atoms with E-state index < -0.39 is 0 Å². The Bertz CT molecular complexity index is 1310. The predicted molar refractivity (Wildman–Crippen MR) is 103 cm³/mol. The maximum absolute atomic E-state index is 8.90. The minimum Gasteiger partial charge on any atom is -0.436 e. The first-order valence-corrected chi connectivity index (χ1v) is 8.61. The first-order chi connectivity index (χ1) is 13.8. The molecule has 3 aromatic carbocycles. The third-order valence-electron chi connectivity index (χ3n) is 4.35. The zero-order chi connectivity index (χ0) is 18.9. The van der Waals surface area contributed by atoms with Gasteiger partial charge in [0.1, 0.15) is 5.52 Å². The molecule has 0 unspecified atom stereocenters. The van der Waals surface area contributed by atoms with Gasteiger partial charge in [-0.05, 0) is 54.6 Å². The van der Waals surface area contributed by atoms with Gasteiger partial charge in [-0.1, -0.05) is 23.4 Å². The Hall–Kier alpha value is -4.24. The van der Waals surface area contributed by atoms with Crippen molar-refractivity contribution in [2.24, 2.45) is 0 Å². The summed E-state index contributed by atoms with van der Waals surface area (Å²) >= 11 is 0. The van der Waals surface area contributed by atoms with Gasteiger partial charge in [-0.15, -0.1) is 0 Å². The van der Waals surface area contributed by atoms with Crippen LogP contribution in [0.15, 0.2) is 81.7 Å². The van der Waals surface area contributed by atoms with Crippen molar-refractivity contribution in [3.63, 3.8) is 0 Å². The molecule has 0 bridgehead atoms. The van der Waals surface area contributed by atoms with E-state index in [1.165, 1.54) is 0 Å². The summed E-state index contributed by atoms with van der Waals surface area (Å²) in [7, 11) is 0. The third kappa shape index (κ3) is 2.81. The number of nitriles is 1. The van der Waals surface area contributed by atoms with E-state index in [-0.39, 0.29) is 0 Å². The Morgan fingerprint density at radius 2 is 1.50 bits per heavy atom. The molecule has 132 valence electrons. The Morgan fingerprint density at radius 3 is 2.29 bits per heavy atom. The molecule has 0 aliphatic heterocycles. The Kier molecular flexibility index (Phi) is 3.70. The Labute approximate surface area is 159 Å². The molecular formula is C22H12N4O2. The van der Waals surface area contributed by atoms with Crippen molar-refractivity contribution in [1.29, 1.82) is 5.26 Å². The lowest BCUT2D eigenvalue weighted by molar-refractivity contribution is 0.432. The van der Waals surface area contributed by atoms with Crippen molar-refractivity contribution in [3.8, 4) is 40.4 Å². The Balaban J connectivity index is 1.49. The molecule has 0 N–H and O–H groups in total. The summed E-state index contributed by atoms with van der Waals surface area (Å²) in [6, 6.07) is 24.4. The smallest absolute Gasteiger partial charge is 0.258 e. The molecule has 5 rings (SSSR count). The van der Waals surface area contributed by atoms with E-state index in [9.17, 15) is 0 Å². The molecule has 0 fully saturated rings. The number of fused-ring (bicyclic) bond motifs is 1. The quantitative estimate of drug-likeness (QED) is 0.443. The minimum absolute atomic E-state index is 0.393. The monoisotopic (exact) mass is 364 g/mol. The minimum atomic E-state index is 0.393. The Morgan fingerprint density at radius 1 is 0.750 bits per heavy atom. The topological polar surface area (TPSA) is 88.7 Å². The van der Waals surface area contributed by atoms with Gasteiger partial charge in [0.2, 0.25) is 11.7 Å². The van der Waals surface area contributed by atoms with Crippen LogP contribution in [0.4, 0.5) is 0 Å². The zero-order valence-corrected chi connectivity index (χ0v) is 14.5.